The maximum Gasteiger partial charge on any atom is 0.341 e. The molecule has 20 heavy (non-hydrogen) atoms. The number of methoxy groups -OCH3 is 1. The molecule has 0 aliphatic rings. The van der Waals surface area contributed by atoms with Crippen LogP contribution < -0.4 is 4.74 Å². The van der Waals surface area contributed by atoms with Crippen LogP contribution in [0, 0.1) is 10.1 Å². The molecule has 1 aromatic carbocycles. The molecular weight excluding hydrogens is 266 g/mol. The van der Waals surface area contributed by atoms with Crippen LogP contribution in [-0.2, 0) is 11.3 Å². The molecule has 0 aliphatic heterocycles. The molecule has 0 bridgehead atoms. The van der Waals surface area contributed by atoms with Crippen LogP contribution >= 0.6 is 0 Å². The number of rotatable bonds is 5. The second-order valence-corrected chi connectivity index (χ2v) is 3.76. The van der Waals surface area contributed by atoms with Crippen LogP contribution in [0.5, 0.6) is 5.75 Å². The van der Waals surface area contributed by atoms with E-state index in [4.69, 9.17) is 9.15 Å². The van der Waals surface area contributed by atoms with Crippen molar-refractivity contribution in [1.82, 2.24) is 0 Å². The van der Waals surface area contributed by atoms with E-state index in [9.17, 15) is 14.9 Å². The van der Waals surface area contributed by atoms with Crippen LogP contribution in [-0.4, -0.2) is 18.0 Å². The van der Waals surface area contributed by atoms with Gasteiger partial charge >= 0.3 is 11.7 Å². The van der Waals surface area contributed by atoms with Gasteiger partial charge in [-0.3, -0.25) is 10.1 Å². The lowest BCUT2D eigenvalue weighted by atomic mass is 10.2. The summed E-state index contributed by atoms with van der Waals surface area (Å²) < 4.78 is 15.0. The Kier molecular flexibility index (Phi) is 3.99. The Balaban J connectivity index is 2.16. The average Bonchev–Trinajstić information content (AvgIpc) is 2.92. The second kappa shape index (κ2) is 5.87. The van der Waals surface area contributed by atoms with Crippen LogP contribution in [0.4, 0.5) is 5.69 Å². The number of nitrogens with zero attached hydrogens (tertiary/aromatic N) is 1. The van der Waals surface area contributed by atoms with Gasteiger partial charge in [0.05, 0.1) is 18.3 Å². The Morgan fingerprint density at radius 3 is 2.80 bits per heavy atom. The monoisotopic (exact) mass is 277 g/mol. The van der Waals surface area contributed by atoms with Gasteiger partial charge in [0, 0.05) is 6.07 Å². The first-order valence-electron chi connectivity index (χ1n) is 5.64. The van der Waals surface area contributed by atoms with Gasteiger partial charge in [-0.15, -0.1) is 0 Å². The Morgan fingerprint density at radius 1 is 1.35 bits per heavy atom. The van der Waals surface area contributed by atoms with E-state index in [1.54, 1.807) is 6.07 Å². The Hall–Kier alpha value is -2.83. The highest BCUT2D eigenvalue weighted by atomic mass is 16.6. The van der Waals surface area contributed by atoms with Gasteiger partial charge in [0.2, 0.25) is 0 Å². The smallest absolute Gasteiger partial charge is 0.341 e. The number of ether oxygens (including phenoxy) is 2. The fourth-order valence-corrected chi connectivity index (χ4v) is 1.62. The molecule has 0 saturated carbocycles. The van der Waals surface area contributed by atoms with Gasteiger partial charge in [-0.25, -0.2) is 4.79 Å². The van der Waals surface area contributed by atoms with Gasteiger partial charge in [0.1, 0.15) is 12.2 Å². The van der Waals surface area contributed by atoms with Crippen molar-refractivity contribution in [2.75, 3.05) is 7.11 Å². The van der Waals surface area contributed by atoms with E-state index in [2.05, 4.69) is 4.74 Å². The van der Waals surface area contributed by atoms with E-state index in [0.717, 1.165) is 0 Å². The molecule has 1 aromatic heterocycles. The van der Waals surface area contributed by atoms with Crippen molar-refractivity contribution in [2.24, 2.45) is 0 Å². The molecule has 0 saturated heterocycles. The lowest BCUT2D eigenvalue weighted by Gasteiger charge is -2.06. The van der Waals surface area contributed by atoms with Crippen molar-refractivity contribution in [3.8, 4) is 5.75 Å². The van der Waals surface area contributed by atoms with E-state index in [0.29, 0.717) is 0 Å². The number of nitro groups is 1. The van der Waals surface area contributed by atoms with Crippen molar-refractivity contribution in [3.05, 3.63) is 58.0 Å². The maximum absolute atomic E-state index is 11.4. The molecule has 0 spiro atoms. The second-order valence-electron chi connectivity index (χ2n) is 3.76. The minimum atomic E-state index is -0.556. The summed E-state index contributed by atoms with van der Waals surface area (Å²) in [7, 11) is 1.25. The molecule has 0 amide bonds. The van der Waals surface area contributed by atoms with Crippen molar-refractivity contribution in [2.45, 2.75) is 6.61 Å². The summed E-state index contributed by atoms with van der Waals surface area (Å²) in [6, 6.07) is 7.41. The fraction of sp³-hybridized carbons (Fsp3) is 0.154. The van der Waals surface area contributed by atoms with E-state index < -0.39 is 10.9 Å². The number of carbonyl (C=O) groups is 1. The molecule has 0 unspecified atom stereocenters. The van der Waals surface area contributed by atoms with Gasteiger partial charge in [-0.2, -0.15) is 0 Å². The molecule has 104 valence electrons. The summed E-state index contributed by atoms with van der Waals surface area (Å²) in [6.07, 6.45) is 1.32. The zero-order valence-electron chi connectivity index (χ0n) is 10.6. The predicted molar refractivity (Wildman–Crippen MR) is 67.5 cm³/mol. The molecule has 0 N–H and O–H groups in total. The van der Waals surface area contributed by atoms with Crippen LogP contribution in [0.25, 0.3) is 0 Å². The average molecular weight is 277 g/mol. The van der Waals surface area contributed by atoms with Crippen LogP contribution in [0.2, 0.25) is 0 Å². The third kappa shape index (κ3) is 2.77. The summed E-state index contributed by atoms with van der Waals surface area (Å²) in [5, 5.41) is 10.8. The molecule has 2 aromatic rings. The summed E-state index contributed by atoms with van der Waals surface area (Å²) in [5.41, 5.74) is 0.0739. The number of benzene rings is 1. The van der Waals surface area contributed by atoms with E-state index in [1.807, 2.05) is 0 Å². The fourth-order valence-electron chi connectivity index (χ4n) is 1.62. The molecular formula is C13H11NO6. The molecule has 0 aliphatic carbocycles. The number of para-hydroxylation sites is 2. The first kappa shape index (κ1) is 13.6. The molecule has 7 heteroatoms. The Labute approximate surface area is 113 Å². The minimum Gasteiger partial charge on any atom is -0.479 e. The van der Waals surface area contributed by atoms with E-state index in [1.165, 1.54) is 37.6 Å². The molecule has 0 radical (unpaired) electrons. The summed E-state index contributed by atoms with van der Waals surface area (Å²) in [4.78, 5) is 21.7. The largest absolute Gasteiger partial charge is 0.479 e. The molecule has 2 rings (SSSR count). The third-order valence-electron chi connectivity index (χ3n) is 2.57. The first-order valence-corrected chi connectivity index (χ1v) is 5.64. The normalized spacial score (nSPS) is 10.1. The number of hydrogen-bond donors (Lipinski definition) is 0. The quantitative estimate of drug-likeness (QED) is 0.473. The standard InChI is InChI=1S/C13H11NO6/c1-18-13(15)9-6-7-19-12(9)8-20-11-5-3-2-4-10(11)14(16)17/h2-7H,8H2,1H3. The topological polar surface area (TPSA) is 91.8 Å². The molecule has 0 fully saturated rings. The zero-order chi connectivity index (χ0) is 14.5. The molecule has 0 atom stereocenters. The SMILES string of the molecule is COC(=O)c1ccoc1COc1ccccc1[N+](=O)[O-]. The van der Waals surface area contributed by atoms with Gasteiger partial charge in [-0.05, 0) is 12.1 Å². The summed E-state index contributed by atoms with van der Waals surface area (Å²) >= 11 is 0. The van der Waals surface area contributed by atoms with Gasteiger partial charge in [0.15, 0.2) is 11.5 Å². The van der Waals surface area contributed by atoms with E-state index >= 15 is 0 Å². The van der Waals surface area contributed by atoms with Crippen LogP contribution in [0.15, 0.2) is 41.0 Å². The van der Waals surface area contributed by atoms with Gasteiger partial charge in [0.25, 0.3) is 0 Å². The number of esters is 1. The van der Waals surface area contributed by atoms with Gasteiger partial charge < -0.3 is 13.9 Å². The summed E-state index contributed by atoms with van der Waals surface area (Å²) in [6.45, 7) is -0.109. The lowest BCUT2D eigenvalue weighted by molar-refractivity contribution is -0.386. The first-order chi connectivity index (χ1) is 9.63. The summed E-state index contributed by atoms with van der Waals surface area (Å²) in [5.74, 6) is -0.209. The highest BCUT2D eigenvalue weighted by Crippen LogP contribution is 2.27. The Bertz CT molecular complexity index is 633. The highest BCUT2D eigenvalue weighted by Gasteiger charge is 2.18. The van der Waals surface area contributed by atoms with E-state index in [-0.39, 0.29) is 29.4 Å². The third-order valence-corrected chi connectivity index (χ3v) is 2.57. The highest BCUT2D eigenvalue weighted by molar-refractivity contribution is 5.90. The van der Waals surface area contributed by atoms with Crippen LogP contribution in [0.3, 0.4) is 0 Å². The van der Waals surface area contributed by atoms with Crippen LogP contribution in [0.1, 0.15) is 16.1 Å². The minimum absolute atomic E-state index is 0.102. The van der Waals surface area contributed by atoms with Crippen molar-refractivity contribution >= 4 is 11.7 Å². The molecule has 7 nitrogen and oxygen atoms in total. The maximum atomic E-state index is 11.4. The van der Waals surface area contributed by atoms with Crippen molar-refractivity contribution < 1.29 is 23.6 Å². The number of nitro benzene ring substituents is 1. The lowest BCUT2D eigenvalue weighted by Crippen LogP contribution is -2.06. The van der Waals surface area contributed by atoms with Crippen molar-refractivity contribution in [3.63, 3.8) is 0 Å². The van der Waals surface area contributed by atoms with Gasteiger partial charge in [-0.1, -0.05) is 12.1 Å². The number of carbonyl (C=O) groups excluding carboxylic acids is 1. The number of hydrogen-bond acceptors (Lipinski definition) is 6. The number of furan rings is 1. The zero-order valence-corrected chi connectivity index (χ0v) is 10.6. The van der Waals surface area contributed by atoms with Crippen molar-refractivity contribution in [1.29, 1.82) is 0 Å². The predicted octanol–water partition coefficient (Wildman–Crippen LogP) is 2.55. The Morgan fingerprint density at radius 2 is 2.10 bits per heavy atom. The molecule has 1 heterocycles.